The summed E-state index contributed by atoms with van der Waals surface area (Å²) < 4.78 is 5.62. The van der Waals surface area contributed by atoms with E-state index in [1.165, 1.54) is 0 Å². The molecule has 0 aliphatic carbocycles. The Morgan fingerprint density at radius 1 is 1.25 bits per heavy atom. The van der Waals surface area contributed by atoms with Gasteiger partial charge in [0.1, 0.15) is 0 Å². The van der Waals surface area contributed by atoms with Gasteiger partial charge >= 0.3 is 0 Å². The Bertz CT molecular complexity index is 244. The van der Waals surface area contributed by atoms with Gasteiger partial charge in [-0.1, -0.05) is 0 Å². The molecule has 0 aromatic rings. The number of carbonyl (C=O) groups excluding carboxylic acids is 1. The molecule has 5 heteroatoms. The van der Waals surface area contributed by atoms with Crippen LogP contribution in [0.25, 0.3) is 0 Å². The molecular weight excluding hydrogens is 206 g/mol. The molecule has 92 valence electrons. The van der Waals surface area contributed by atoms with Crippen LogP contribution in [0.5, 0.6) is 0 Å². The Kier molecular flexibility index (Phi) is 3.78. The minimum absolute atomic E-state index is 0.0637. The maximum atomic E-state index is 12.2. The van der Waals surface area contributed by atoms with Crippen LogP contribution in [-0.2, 0) is 9.53 Å². The van der Waals surface area contributed by atoms with E-state index in [4.69, 9.17) is 4.74 Å². The smallest absolute Gasteiger partial charge is 0.241 e. The van der Waals surface area contributed by atoms with Crippen LogP contribution in [-0.4, -0.2) is 61.8 Å². The van der Waals surface area contributed by atoms with Crippen molar-refractivity contribution in [1.82, 2.24) is 15.5 Å². The van der Waals surface area contributed by atoms with E-state index in [0.717, 1.165) is 19.6 Å². The van der Waals surface area contributed by atoms with Gasteiger partial charge in [0.25, 0.3) is 0 Å². The number of amides is 1. The van der Waals surface area contributed by atoms with E-state index >= 15 is 0 Å². The number of hydrogen-bond acceptors (Lipinski definition) is 4. The molecule has 0 saturated carbocycles. The van der Waals surface area contributed by atoms with Crippen molar-refractivity contribution < 1.29 is 9.53 Å². The highest BCUT2D eigenvalue weighted by Gasteiger charge is 2.30. The van der Waals surface area contributed by atoms with Gasteiger partial charge in [-0.2, -0.15) is 0 Å². The molecule has 2 N–H and O–H groups in total. The van der Waals surface area contributed by atoms with E-state index in [1.807, 2.05) is 18.7 Å². The molecule has 5 nitrogen and oxygen atoms in total. The van der Waals surface area contributed by atoms with Crippen molar-refractivity contribution in [3.63, 3.8) is 0 Å². The first kappa shape index (κ1) is 11.8. The minimum atomic E-state index is -0.0637. The molecule has 2 aliphatic rings. The molecule has 0 aromatic carbocycles. The van der Waals surface area contributed by atoms with Gasteiger partial charge in [-0.25, -0.2) is 0 Å². The van der Waals surface area contributed by atoms with Crippen molar-refractivity contribution in [2.24, 2.45) is 0 Å². The van der Waals surface area contributed by atoms with Crippen LogP contribution >= 0.6 is 0 Å². The van der Waals surface area contributed by atoms with Crippen LogP contribution < -0.4 is 10.6 Å². The number of piperazine rings is 1. The Labute approximate surface area is 96.5 Å². The Morgan fingerprint density at radius 3 is 2.50 bits per heavy atom. The average molecular weight is 227 g/mol. The van der Waals surface area contributed by atoms with Gasteiger partial charge in [-0.3, -0.25) is 4.79 Å². The molecule has 2 heterocycles. The Morgan fingerprint density at radius 2 is 1.94 bits per heavy atom. The molecule has 0 spiro atoms. The largest absolute Gasteiger partial charge is 0.372 e. The molecule has 2 saturated heterocycles. The van der Waals surface area contributed by atoms with Gasteiger partial charge < -0.3 is 20.3 Å². The van der Waals surface area contributed by atoms with E-state index in [0.29, 0.717) is 13.1 Å². The van der Waals surface area contributed by atoms with Crippen molar-refractivity contribution in [1.29, 1.82) is 0 Å². The quantitative estimate of drug-likeness (QED) is 0.615. The lowest BCUT2D eigenvalue weighted by molar-refractivity contribution is -0.145. The van der Waals surface area contributed by atoms with E-state index < -0.39 is 0 Å². The lowest BCUT2D eigenvalue weighted by Crippen LogP contribution is -2.59. The van der Waals surface area contributed by atoms with Crippen molar-refractivity contribution in [3.8, 4) is 0 Å². The van der Waals surface area contributed by atoms with Gasteiger partial charge in [0.2, 0.25) is 5.91 Å². The first-order valence-electron chi connectivity index (χ1n) is 6.05. The molecule has 0 bridgehead atoms. The zero-order chi connectivity index (χ0) is 11.5. The van der Waals surface area contributed by atoms with Crippen LogP contribution in [0.2, 0.25) is 0 Å². The van der Waals surface area contributed by atoms with Gasteiger partial charge in [0.05, 0.1) is 18.2 Å². The first-order chi connectivity index (χ1) is 7.66. The second-order valence-electron chi connectivity index (χ2n) is 4.71. The molecule has 0 aromatic heterocycles. The molecule has 1 amide bonds. The zero-order valence-electron chi connectivity index (χ0n) is 10.0. The average Bonchev–Trinajstić information content (AvgIpc) is 2.28. The number of ether oxygens (including phenoxy) is 1. The Balaban J connectivity index is 1.92. The van der Waals surface area contributed by atoms with E-state index in [2.05, 4.69) is 10.6 Å². The summed E-state index contributed by atoms with van der Waals surface area (Å²) in [5.74, 6) is 0.203. The molecule has 3 atom stereocenters. The van der Waals surface area contributed by atoms with Crippen LogP contribution in [0.4, 0.5) is 0 Å². The predicted molar refractivity (Wildman–Crippen MR) is 61.2 cm³/mol. The monoisotopic (exact) mass is 227 g/mol. The highest BCUT2D eigenvalue weighted by molar-refractivity contribution is 5.82. The summed E-state index contributed by atoms with van der Waals surface area (Å²) in [6, 6.07) is -0.0637. The number of rotatable bonds is 1. The molecule has 16 heavy (non-hydrogen) atoms. The number of morpholine rings is 1. The second kappa shape index (κ2) is 5.12. The van der Waals surface area contributed by atoms with Crippen molar-refractivity contribution in [3.05, 3.63) is 0 Å². The Hall–Kier alpha value is -0.650. The molecular formula is C11H21N3O2. The predicted octanol–water partition coefficient (Wildman–Crippen LogP) is -0.816. The SMILES string of the molecule is C[C@@H]1CN(C(=O)C2CNCCN2)C[C@H](C)O1. The van der Waals surface area contributed by atoms with Crippen molar-refractivity contribution in [2.45, 2.75) is 32.1 Å². The lowest BCUT2D eigenvalue weighted by Gasteiger charge is -2.38. The molecule has 2 fully saturated rings. The van der Waals surface area contributed by atoms with Crippen LogP contribution in [0.1, 0.15) is 13.8 Å². The molecule has 2 aliphatic heterocycles. The van der Waals surface area contributed by atoms with Gasteiger partial charge in [0, 0.05) is 32.7 Å². The third kappa shape index (κ3) is 2.72. The molecule has 2 rings (SSSR count). The second-order valence-corrected chi connectivity index (χ2v) is 4.71. The highest BCUT2D eigenvalue weighted by atomic mass is 16.5. The number of carbonyl (C=O) groups is 1. The van der Waals surface area contributed by atoms with Crippen LogP contribution in [0.15, 0.2) is 0 Å². The maximum absolute atomic E-state index is 12.2. The van der Waals surface area contributed by atoms with E-state index in [9.17, 15) is 4.79 Å². The maximum Gasteiger partial charge on any atom is 0.241 e. The summed E-state index contributed by atoms with van der Waals surface area (Å²) in [5, 5.41) is 6.49. The third-order valence-corrected chi connectivity index (χ3v) is 3.07. The molecule has 1 unspecified atom stereocenters. The fourth-order valence-corrected chi connectivity index (χ4v) is 2.41. The summed E-state index contributed by atoms with van der Waals surface area (Å²) in [6.07, 6.45) is 0.286. The number of hydrogen-bond donors (Lipinski definition) is 2. The first-order valence-corrected chi connectivity index (χ1v) is 6.05. The highest BCUT2D eigenvalue weighted by Crippen LogP contribution is 2.12. The number of nitrogens with one attached hydrogen (secondary N) is 2. The van der Waals surface area contributed by atoms with Crippen molar-refractivity contribution in [2.75, 3.05) is 32.7 Å². The normalized spacial score (nSPS) is 36.1. The lowest BCUT2D eigenvalue weighted by atomic mass is 10.1. The molecule has 0 radical (unpaired) electrons. The topological polar surface area (TPSA) is 53.6 Å². The standard InChI is InChI=1S/C11H21N3O2/c1-8-6-14(7-9(2)16-8)11(15)10-5-12-3-4-13-10/h8-10,12-13H,3-7H2,1-2H3/t8-,9+,10?. The van der Waals surface area contributed by atoms with Gasteiger partial charge in [0.15, 0.2) is 0 Å². The van der Waals surface area contributed by atoms with Crippen LogP contribution in [0, 0.1) is 0 Å². The minimum Gasteiger partial charge on any atom is -0.372 e. The fourth-order valence-electron chi connectivity index (χ4n) is 2.41. The fraction of sp³-hybridized carbons (Fsp3) is 0.909. The zero-order valence-corrected chi connectivity index (χ0v) is 10.0. The van der Waals surface area contributed by atoms with Gasteiger partial charge in [-0.05, 0) is 13.8 Å². The summed E-state index contributed by atoms with van der Waals surface area (Å²) >= 11 is 0. The third-order valence-electron chi connectivity index (χ3n) is 3.07. The summed E-state index contributed by atoms with van der Waals surface area (Å²) in [5.41, 5.74) is 0. The van der Waals surface area contributed by atoms with E-state index in [1.54, 1.807) is 0 Å². The van der Waals surface area contributed by atoms with E-state index in [-0.39, 0.29) is 24.2 Å². The summed E-state index contributed by atoms with van der Waals surface area (Å²) in [4.78, 5) is 14.1. The summed E-state index contributed by atoms with van der Waals surface area (Å²) in [7, 11) is 0. The van der Waals surface area contributed by atoms with Gasteiger partial charge in [-0.15, -0.1) is 0 Å². The summed E-state index contributed by atoms with van der Waals surface area (Å²) in [6.45, 7) is 8.00. The van der Waals surface area contributed by atoms with Crippen molar-refractivity contribution >= 4 is 5.91 Å². The number of nitrogens with zero attached hydrogens (tertiary/aromatic N) is 1. The van der Waals surface area contributed by atoms with Crippen LogP contribution in [0.3, 0.4) is 0 Å².